The summed E-state index contributed by atoms with van der Waals surface area (Å²) in [6, 6.07) is 16.0. The minimum absolute atomic E-state index is 0.162. The van der Waals surface area contributed by atoms with Gasteiger partial charge in [0.15, 0.2) is 0 Å². The number of likely N-dealkylation sites (tertiary alicyclic amines) is 1. The van der Waals surface area contributed by atoms with E-state index in [1.807, 2.05) is 51.1 Å². The summed E-state index contributed by atoms with van der Waals surface area (Å²) < 4.78 is 22.3. The first-order chi connectivity index (χ1) is 14.7. The molecule has 166 valence electrons. The fourth-order valence-electron chi connectivity index (χ4n) is 3.35. The van der Waals surface area contributed by atoms with E-state index in [1.54, 1.807) is 29.2 Å². The van der Waals surface area contributed by atoms with Gasteiger partial charge in [0.2, 0.25) is 0 Å². The monoisotopic (exact) mass is 427 g/mol. The Balaban J connectivity index is 1.66. The Kier molecular flexibility index (Phi) is 7.05. The maximum atomic E-state index is 12.8. The van der Waals surface area contributed by atoms with E-state index in [1.165, 1.54) is 7.11 Å². The second-order valence-corrected chi connectivity index (χ2v) is 8.40. The maximum absolute atomic E-state index is 12.8. The highest BCUT2D eigenvalue weighted by atomic mass is 16.6. The molecule has 31 heavy (non-hydrogen) atoms. The third kappa shape index (κ3) is 6.38. The van der Waals surface area contributed by atoms with Gasteiger partial charge >= 0.3 is 12.1 Å². The molecule has 1 saturated heterocycles. The van der Waals surface area contributed by atoms with Gasteiger partial charge in [-0.15, -0.1) is 0 Å². The number of para-hydroxylation sites is 1. The van der Waals surface area contributed by atoms with Crippen molar-refractivity contribution in [2.45, 2.75) is 44.9 Å². The van der Waals surface area contributed by atoms with Crippen LogP contribution in [0.4, 0.5) is 4.79 Å². The number of ether oxygens (including phenoxy) is 4. The Labute approximate surface area is 182 Å². The van der Waals surface area contributed by atoms with Crippen LogP contribution < -0.4 is 9.47 Å². The van der Waals surface area contributed by atoms with Crippen LogP contribution in [0.3, 0.4) is 0 Å². The van der Waals surface area contributed by atoms with Gasteiger partial charge in [-0.3, -0.25) is 4.90 Å². The number of hydrogen-bond donors (Lipinski definition) is 0. The molecule has 2 unspecified atom stereocenters. The van der Waals surface area contributed by atoms with Crippen molar-refractivity contribution in [1.82, 2.24) is 4.90 Å². The highest BCUT2D eigenvalue weighted by molar-refractivity contribution is 5.89. The van der Waals surface area contributed by atoms with E-state index in [4.69, 9.17) is 18.9 Å². The molecular weight excluding hydrogens is 398 g/mol. The number of rotatable bonds is 6. The third-order valence-corrected chi connectivity index (χ3v) is 4.77. The number of carbonyl (C=O) groups excluding carboxylic acids is 2. The van der Waals surface area contributed by atoms with Gasteiger partial charge in [0.25, 0.3) is 0 Å². The molecule has 1 aliphatic heterocycles. The molecule has 0 aliphatic carbocycles. The lowest BCUT2D eigenvalue weighted by Crippen LogP contribution is -2.42. The SMILES string of the molecule is COC(=O)c1ccc(OCC2CC(Oc3ccccc3)CN2C(=O)OC(C)(C)C)cc1. The molecule has 0 bridgehead atoms. The molecular formula is C24H29NO6. The molecule has 7 heteroatoms. The van der Waals surface area contributed by atoms with Gasteiger partial charge in [-0.25, -0.2) is 9.59 Å². The summed E-state index contributed by atoms with van der Waals surface area (Å²) >= 11 is 0. The molecule has 2 aromatic rings. The molecule has 0 aromatic heterocycles. The average Bonchev–Trinajstić information content (AvgIpc) is 3.14. The largest absolute Gasteiger partial charge is 0.491 e. The van der Waals surface area contributed by atoms with Crippen molar-refractivity contribution in [1.29, 1.82) is 0 Å². The van der Waals surface area contributed by atoms with E-state index in [0.29, 0.717) is 24.3 Å². The van der Waals surface area contributed by atoms with E-state index in [0.717, 1.165) is 5.75 Å². The minimum atomic E-state index is -0.593. The zero-order valence-electron chi connectivity index (χ0n) is 18.4. The molecule has 2 atom stereocenters. The Morgan fingerprint density at radius 2 is 1.68 bits per heavy atom. The fraction of sp³-hybridized carbons (Fsp3) is 0.417. The quantitative estimate of drug-likeness (QED) is 0.640. The molecule has 0 radical (unpaired) electrons. The molecule has 0 saturated carbocycles. The van der Waals surface area contributed by atoms with Crippen LogP contribution in [0, 0.1) is 0 Å². The first kappa shape index (κ1) is 22.5. The van der Waals surface area contributed by atoms with Crippen molar-refractivity contribution in [2.24, 2.45) is 0 Å². The average molecular weight is 427 g/mol. The van der Waals surface area contributed by atoms with Gasteiger partial charge in [0.05, 0.1) is 25.3 Å². The summed E-state index contributed by atoms with van der Waals surface area (Å²) in [5.74, 6) is 0.958. The lowest BCUT2D eigenvalue weighted by molar-refractivity contribution is 0.0176. The molecule has 3 rings (SSSR count). The summed E-state index contributed by atoms with van der Waals surface area (Å²) in [6.45, 7) is 6.22. The van der Waals surface area contributed by atoms with E-state index in [-0.39, 0.29) is 24.8 Å². The number of methoxy groups -OCH3 is 1. The predicted molar refractivity (Wildman–Crippen MR) is 115 cm³/mol. The number of carbonyl (C=O) groups is 2. The van der Waals surface area contributed by atoms with E-state index >= 15 is 0 Å². The first-order valence-corrected chi connectivity index (χ1v) is 10.3. The lowest BCUT2D eigenvalue weighted by Gasteiger charge is -2.28. The lowest BCUT2D eigenvalue weighted by atomic mass is 10.2. The minimum Gasteiger partial charge on any atom is -0.491 e. The summed E-state index contributed by atoms with van der Waals surface area (Å²) in [7, 11) is 1.34. The van der Waals surface area contributed by atoms with Crippen LogP contribution in [0.1, 0.15) is 37.6 Å². The normalized spacial score (nSPS) is 18.4. The van der Waals surface area contributed by atoms with Crippen LogP contribution in [-0.2, 0) is 9.47 Å². The van der Waals surface area contributed by atoms with Crippen molar-refractivity contribution in [3.63, 3.8) is 0 Å². The van der Waals surface area contributed by atoms with E-state index < -0.39 is 11.6 Å². The zero-order chi connectivity index (χ0) is 22.4. The molecule has 1 amide bonds. The van der Waals surface area contributed by atoms with Crippen molar-refractivity contribution in [3.05, 3.63) is 60.2 Å². The highest BCUT2D eigenvalue weighted by Gasteiger charge is 2.39. The van der Waals surface area contributed by atoms with Gasteiger partial charge in [0, 0.05) is 6.42 Å². The number of nitrogens with zero attached hydrogens (tertiary/aromatic N) is 1. The predicted octanol–water partition coefficient (Wildman–Crippen LogP) is 4.31. The Bertz CT molecular complexity index is 875. The van der Waals surface area contributed by atoms with Gasteiger partial charge in [-0.1, -0.05) is 18.2 Å². The van der Waals surface area contributed by atoms with Crippen LogP contribution in [0.15, 0.2) is 54.6 Å². The number of hydrogen-bond acceptors (Lipinski definition) is 6. The molecule has 1 fully saturated rings. The highest BCUT2D eigenvalue weighted by Crippen LogP contribution is 2.26. The number of benzene rings is 2. The maximum Gasteiger partial charge on any atom is 0.410 e. The Hall–Kier alpha value is -3.22. The van der Waals surface area contributed by atoms with Gasteiger partial charge < -0.3 is 18.9 Å². The third-order valence-electron chi connectivity index (χ3n) is 4.77. The summed E-state index contributed by atoms with van der Waals surface area (Å²) in [5.41, 5.74) is -0.146. The van der Waals surface area contributed by atoms with Crippen molar-refractivity contribution >= 4 is 12.1 Å². The van der Waals surface area contributed by atoms with Crippen LogP contribution in [0.5, 0.6) is 11.5 Å². The Morgan fingerprint density at radius 3 is 2.29 bits per heavy atom. The van der Waals surface area contributed by atoms with E-state index in [2.05, 4.69) is 0 Å². The molecule has 2 aromatic carbocycles. The second kappa shape index (κ2) is 9.73. The van der Waals surface area contributed by atoms with Crippen molar-refractivity contribution in [3.8, 4) is 11.5 Å². The Morgan fingerprint density at radius 1 is 1.00 bits per heavy atom. The standard InChI is InChI=1S/C24H29NO6/c1-24(2,3)31-23(27)25-15-21(30-20-8-6-5-7-9-20)14-18(25)16-29-19-12-10-17(11-13-19)22(26)28-4/h5-13,18,21H,14-16H2,1-4H3. The summed E-state index contributed by atoms with van der Waals surface area (Å²) in [5, 5.41) is 0. The van der Waals surface area contributed by atoms with Gasteiger partial charge in [0.1, 0.15) is 29.8 Å². The van der Waals surface area contributed by atoms with Gasteiger partial charge in [-0.05, 0) is 57.2 Å². The molecule has 1 heterocycles. The summed E-state index contributed by atoms with van der Waals surface area (Å²) in [4.78, 5) is 26.0. The molecule has 1 aliphatic rings. The molecule has 0 N–H and O–H groups in total. The summed E-state index contributed by atoms with van der Waals surface area (Å²) in [6.07, 6.45) is 0.0699. The van der Waals surface area contributed by atoms with E-state index in [9.17, 15) is 9.59 Å². The van der Waals surface area contributed by atoms with Crippen LogP contribution in [0.25, 0.3) is 0 Å². The zero-order valence-corrected chi connectivity index (χ0v) is 18.4. The van der Waals surface area contributed by atoms with Gasteiger partial charge in [-0.2, -0.15) is 0 Å². The first-order valence-electron chi connectivity index (χ1n) is 10.3. The number of amides is 1. The second-order valence-electron chi connectivity index (χ2n) is 8.40. The van der Waals surface area contributed by atoms with Crippen LogP contribution >= 0.6 is 0 Å². The number of esters is 1. The van der Waals surface area contributed by atoms with Crippen LogP contribution in [0.2, 0.25) is 0 Å². The topological polar surface area (TPSA) is 74.3 Å². The van der Waals surface area contributed by atoms with Crippen molar-refractivity contribution in [2.75, 3.05) is 20.3 Å². The van der Waals surface area contributed by atoms with Crippen LogP contribution in [-0.4, -0.2) is 55.0 Å². The molecule has 0 spiro atoms. The van der Waals surface area contributed by atoms with Crippen molar-refractivity contribution < 1.29 is 28.5 Å². The molecule has 7 nitrogen and oxygen atoms in total. The smallest absolute Gasteiger partial charge is 0.410 e. The fourth-order valence-corrected chi connectivity index (χ4v) is 3.35.